The maximum atomic E-state index is 3.51. The lowest BCUT2D eigenvalue weighted by Crippen LogP contribution is -2.36. The Labute approximate surface area is 106 Å². The molecule has 1 aromatic rings. The molecule has 94 valence electrons. The molecule has 1 heteroatoms. The first kappa shape index (κ1) is 14.0. The fraction of sp³-hybridized carbons (Fsp3) is 0.500. The zero-order valence-corrected chi connectivity index (χ0v) is 12.0. The predicted octanol–water partition coefficient (Wildman–Crippen LogP) is 4.09. The molecule has 0 heterocycles. The number of nitrogens with one attached hydrogen (secondary N) is 1. The summed E-state index contributed by atoms with van der Waals surface area (Å²) in [4.78, 5) is 0. The largest absolute Gasteiger partial charge is 0.308 e. The average molecular weight is 231 g/mol. The topological polar surface area (TPSA) is 12.0 Å². The first-order chi connectivity index (χ1) is 7.79. The van der Waals surface area contributed by atoms with E-state index in [9.17, 15) is 0 Å². The van der Waals surface area contributed by atoms with Gasteiger partial charge in [0.1, 0.15) is 0 Å². The van der Waals surface area contributed by atoms with Gasteiger partial charge in [0.25, 0.3) is 0 Å². The van der Waals surface area contributed by atoms with Crippen LogP contribution >= 0.6 is 0 Å². The molecule has 0 fully saturated rings. The minimum Gasteiger partial charge on any atom is -0.308 e. The quantitative estimate of drug-likeness (QED) is 0.826. The van der Waals surface area contributed by atoms with Crippen molar-refractivity contribution in [3.63, 3.8) is 0 Å². The Hall–Kier alpha value is -1.08. The summed E-state index contributed by atoms with van der Waals surface area (Å²) in [5.74, 6) is 0. The number of aryl methyl sites for hydroxylation is 2. The average Bonchev–Trinajstić information content (AvgIpc) is 2.20. The van der Waals surface area contributed by atoms with Gasteiger partial charge >= 0.3 is 0 Å². The Morgan fingerprint density at radius 2 is 1.71 bits per heavy atom. The van der Waals surface area contributed by atoms with Crippen LogP contribution in [0.3, 0.4) is 0 Å². The van der Waals surface area contributed by atoms with Gasteiger partial charge in [-0.2, -0.15) is 0 Å². The molecule has 0 aliphatic rings. The highest BCUT2D eigenvalue weighted by Gasteiger charge is 2.08. The van der Waals surface area contributed by atoms with Crippen LogP contribution in [-0.2, 0) is 0 Å². The highest BCUT2D eigenvalue weighted by molar-refractivity contribution is 5.59. The highest BCUT2D eigenvalue weighted by Crippen LogP contribution is 2.17. The van der Waals surface area contributed by atoms with Gasteiger partial charge in [-0.3, -0.25) is 0 Å². The summed E-state index contributed by atoms with van der Waals surface area (Å²) in [6.07, 6.45) is 2.30. The second kappa shape index (κ2) is 5.50. The van der Waals surface area contributed by atoms with Crippen molar-refractivity contribution in [1.82, 2.24) is 5.32 Å². The zero-order valence-electron chi connectivity index (χ0n) is 12.0. The second-order valence-corrected chi connectivity index (χ2v) is 5.90. The summed E-state index contributed by atoms with van der Waals surface area (Å²) in [6, 6.07) is 6.46. The van der Waals surface area contributed by atoms with E-state index in [1.807, 2.05) is 0 Å². The van der Waals surface area contributed by atoms with Gasteiger partial charge in [-0.15, -0.1) is 0 Å². The Morgan fingerprint density at radius 1 is 1.18 bits per heavy atom. The fourth-order valence-corrected chi connectivity index (χ4v) is 1.76. The van der Waals surface area contributed by atoms with Crippen molar-refractivity contribution in [2.45, 2.75) is 47.1 Å². The van der Waals surface area contributed by atoms with E-state index < -0.39 is 0 Å². The van der Waals surface area contributed by atoms with Gasteiger partial charge in [0.15, 0.2) is 0 Å². The maximum absolute atomic E-state index is 3.51. The SMILES string of the molecule is C/C(=C/c1c(C)cccc1C)CNC(C)(C)C. The molecule has 1 rings (SSSR count). The monoisotopic (exact) mass is 231 g/mol. The van der Waals surface area contributed by atoms with E-state index in [0.29, 0.717) is 0 Å². The van der Waals surface area contributed by atoms with Crippen LogP contribution in [0, 0.1) is 13.8 Å². The van der Waals surface area contributed by atoms with Gasteiger partial charge in [0, 0.05) is 12.1 Å². The fourth-order valence-electron chi connectivity index (χ4n) is 1.76. The summed E-state index contributed by atoms with van der Waals surface area (Å²) in [5.41, 5.74) is 5.61. The van der Waals surface area contributed by atoms with Crippen molar-refractivity contribution >= 4 is 6.08 Å². The van der Waals surface area contributed by atoms with Crippen molar-refractivity contribution in [2.75, 3.05) is 6.54 Å². The number of hydrogen-bond donors (Lipinski definition) is 1. The molecule has 0 amide bonds. The Morgan fingerprint density at radius 3 is 2.18 bits per heavy atom. The van der Waals surface area contributed by atoms with E-state index >= 15 is 0 Å². The molecule has 0 unspecified atom stereocenters. The van der Waals surface area contributed by atoms with Crippen LogP contribution in [0.15, 0.2) is 23.8 Å². The summed E-state index contributed by atoms with van der Waals surface area (Å²) in [7, 11) is 0. The summed E-state index contributed by atoms with van der Waals surface area (Å²) >= 11 is 0. The summed E-state index contributed by atoms with van der Waals surface area (Å²) in [5, 5.41) is 3.51. The minimum atomic E-state index is 0.176. The standard InChI is InChI=1S/C16H25N/c1-12(11-17-16(4,5)6)10-15-13(2)8-7-9-14(15)3/h7-10,17H,11H2,1-6H3/b12-10-. The third kappa shape index (κ3) is 4.74. The highest BCUT2D eigenvalue weighted by atomic mass is 14.9. The smallest absolute Gasteiger partial charge is 0.0170 e. The van der Waals surface area contributed by atoms with Crippen LogP contribution in [0.1, 0.15) is 44.4 Å². The van der Waals surface area contributed by atoms with Crippen LogP contribution in [0.25, 0.3) is 6.08 Å². The molecule has 1 nitrogen and oxygen atoms in total. The predicted molar refractivity (Wildman–Crippen MR) is 77.3 cm³/mol. The van der Waals surface area contributed by atoms with Crippen LogP contribution in [0.5, 0.6) is 0 Å². The molecule has 1 N–H and O–H groups in total. The van der Waals surface area contributed by atoms with Crippen molar-refractivity contribution in [1.29, 1.82) is 0 Å². The molecular weight excluding hydrogens is 206 g/mol. The molecular formula is C16H25N. The van der Waals surface area contributed by atoms with Crippen molar-refractivity contribution in [2.24, 2.45) is 0 Å². The van der Waals surface area contributed by atoms with Crippen LogP contribution in [-0.4, -0.2) is 12.1 Å². The number of benzene rings is 1. The van der Waals surface area contributed by atoms with Crippen molar-refractivity contribution in [3.05, 3.63) is 40.5 Å². The van der Waals surface area contributed by atoms with Gasteiger partial charge in [0.2, 0.25) is 0 Å². The lowest BCUT2D eigenvalue weighted by molar-refractivity contribution is 0.445. The molecule has 0 bridgehead atoms. The third-order valence-corrected chi connectivity index (χ3v) is 2.83. The first-order valence-electron chi connectivity index (χ1n) is 6.28. The van der Waals surface area contributed by atoms with Crippen LogP contribution in [0.4, 0.5) is 0 Å². The molecule has 0 saturated heterocycles. The molecule has 0 atom stereocenters. The van der Waals surface area contributed by atoms with Gasteiger partial charge in [0.05, 0.1) is 0 Å². The van der Waals surface area contributed by atoms with Gasteiger partial charge in [-0.1, -0.05) is 29.8 Å². The lowest BCUT2D eigenvalue weighted by Gasteiger charge is -2.21. The Kier molecular flexibility index (Phi) is 4.53. The first-order valence-corrected chi connectivity index (χ1v) is 6.28. The zero-order chi connectivity index (χ0) is 13.1. The van der Waals surface area contributed by atoms with E-state index in [4.69, 9.17) is 0 Å². The molecule has 0 radical (unpaired) electrons. The van der Waals surface area contributed by atoms with Gasteiger partial charge < -0.3 is 5.32 Å². The third-order valence-electron chi connectivity index (χ3n) is 2.83. The molecule has 0 aromatic heterocycles. The minimum absolute atomic E-state index is 0.176. The summed E-state index contributed by atoms with van der Waals surface area (Å²) < 4.78 is 0. The van der Waals surface area contributed by atoms with Gasteiger partial charge in [-0.25, -0.2) is 0 Å². The molecule has 0 spiro atoms. The maximum Gasteiger partial charge on any atom is 0.0170 e. The molecule has 0 aliphatic heterocycles. The van der Waals surface area contributed by atoms with E-state index in [-0.39, 0.29) is 5.54 Å². The summed E-state index contributed by atoms with van der Waals surface area (Å²) in [6.45, 7) is 14.0. The number of hydrogen-bond acceptors (Lipinski definition) is 1. The lowest BCUT2D eigenvalue weighted by atomic mass is 10.0. The van der Waals surface area contributed by atoms with E-state index in [1.165, 1.54) is 22.3 Å². The Bertz CT molecular complexity index is 388. The molecule has 1 aromatic carbocycles. The normalized spacial score (nSPS) is 12.9. The van der Waals surface area contributed by atoms with E-state index in [2.05, 4.69) is 71.1 Å². The molecule has 17 heavy (non-hydrogen) atoms. The number of rotatable bonds is 3. The van der Waals surface area contributed by atoms with Crippen LogP contribution in [0.2, 0.25) is 0 Å². The Balaban J connectivity index is 2.81. The van der Waals surface area contributed by atoms with Crippen molar-refractivity contribution in [3.8, 4) is 0 Å². The second-order valence-electron chi connectivity index (χ2n) is 5.90. The van der Waals surface area contributed by atoms with E-state index in [0.717, 1.165) is 6.54 Å². The van der Waals surface area contributed by atoms with Gasteiger partial charge in [-0.05, 0) is 58.2 Å². The molecule has 0 saturated carbocycles. The molecule has 0 aliphatic carbocycles. The van der Waals surface area contributed by atoms with Crippen molar-refractivity contribution < 1.29 is 0 Å². The van der Waals surface area contributed by atoms with E-state index in [1.54, 1.807) is 0 Å². The van der Waals surface area contributed by atoms with Crippen LogP contribution < -0.4 is 5.32 Å².